The lowest BCUT2D eigenvalue weighted by atomic mass is 9.79. The fourth-order valence-electron chi connectivity index (χ4n) is 2.28. The number of anilines is 1. The Balaban J connectivity index is 1.99. The van der Waals surface area contributed by atoms with E-state index >= 15 is 0 Å². The Bertz CT molecular complexity index is 527. The zero-order valence-electron chi connectivity index (χ0n) is 9.32. The standard InChI is InChI=1S/C13H12N2O2/c14-6-13(7-17-8-13)10-2-3-11-9(5-10)1-4-12(16)15-11/h2-3,5H,1,4,7-8H2,(H,15,16). The number of benzene rings is 1. The van der Waals surface area contributed by atoms with E-state index < -0.39 is 5.41 Å². The van der Waals surface area contributed by atoms with E-state index in [9.17, 15) is 10.1 Å². The summed E-state index contributed by atoms with van der Waals surface area (Å²) in [6, 6.07) is 8.16. The summed E-state index contributed by atoms with van der Waals surface area (Å²) in [6.45, 7) is 0.934. The number of amides is 1. The predicted octanol–water partition coefficient (Wildman–Crippen LogP) is 1.36. The molecule has 3 rings (SSSR count). The number of nitrogens with zero attached hydrogens (tertiary/aromatic N) is 1. The molecule has 0 spiro atoms. The average Bonchev–Trinajstić information content (AvgIpc) is 2.28. The molecular formula is C13H12N2O2. The van der Waals surface area contributed by atoms with Gasteiger partial charge in [-0.1, -0.05) is 12.1 Å². The Labute approximate surface area is 99.2 Å². The molecule has 86 valence electrons. The Morgan fingerprint density at radius 3 is 2.82 bits per heavy atom. The van der Waals surface area contributed by atoms with Gasteiger partial charge in [0, 0.05) is 12.1 Å². The lowest BCUT2D eigenvalue weighted by Gasteiger charge is -2.36. The number of carbonyl (C=O) groups excluding carboxylic acids is 1. The molecule has 0 atom stereocenters. The molecule has 2 aliphatic heterocycles. The fraction of sp³-hybridized carbons (Fsp3) is 0.385. The van der Waals surface area contributed by atoms with Gasteiger partial charge in [0.25, 0.3) is 0 Å². The third-order valence-corrected chi connectivity index (χ3v) is 3.46. The molecule has 4 nitrogen and oxygen atoms in total. The third kappa shape index (κ3) is 1.51. The van der Waals surface area contributed by atoms with E-state index in [4.69, 9.17) is 4.74 Å². The van der Waals surface area contributed by atoms with Gasteiger partial charge < -0.3 is 10.1 Å². The fourth-order valence-corrected chi connectivity index (χ4v) is 2.28. The number of rotatable bonds is 1. The first-order valence-corrected chi connectivity index (χ1v) is 5.66. The molecule has 0 saturated carbocycles. The minimum atomic E-state index is -0.476. The molecule has 1 N–H and O–H groups in total. The number of hydrogen-bond donors (Lipinski definition) is 1. The number of nitrogens with one attached hydrogen (secondary N) is 1. The topological polar surface area (TPSA) is 62.1 Å². The summed E-state index contributed by atoms with van der Waals surface area (Å²) in [5.41, 5.74) is 2.51. The van der Waals surface area contributed by atoms with Crippen molar-refractivity contribution in [3.63, 3.8) is 0 Å². The van der Waals surface area contributed by atoms with E-state index in [1.807, 2.05) is 18.2 Å². The van der Waals surface area contributed by atoms with Gasteiger partial charge in [-0.2, -0.15) is 5.26 Å². The first-order chi connectivity index (χ1) is 8.23. The van der Waals surface area contributed by atoms with Crippen molar-refractivity contribution in [3.8, 4) is 6.07 Å². The first kappa shape index (κ1) is 10.3. The third-order valence-electron chi connectivity index (χ3n) is 3.46. The van der Waals surface area contributed by atoms with Crippen molar-refractivity contribution in [1.82, 2.24) is 0 Å². The second kappa shape index (κ2) is 3.57. The highest BCUT2D eigenvalue weighted by Gasteiger charge is 2.41. The summed E-state index contributed by atoms with van der Waals surface area (Å²) in [5, 5.41) is 12.1. The van der Waals surface area contributed by atoms with Crippen LogP contribution < -0.4 is 5.32 Å². The smallest absolute Gasteiger partial charge is 0.224 e. The minimum absolute atomic E-state index is 0.0622. The van der Waals surface area contributed by atoms with Crippen LogP contribution in [-0.4, -0.2) is 19.1 Å². The molecule has 0 unspecified atom stereocenters. The summed E-state index contributed by atoms with van der Waals surface area (Å²) >= 11 is 0. The molecule has 17 heavy (non-hydrogen) atoms. The van der Waals surface area contributed by atoms with Crippen LogP contribution >= 0.6 is 0 Å². The van der Waals surface area contributed by atoms with Crippen molar-refractivity contribution in [1.29, 1.82) is 5.26 Å². The van der Waals surface area contributed by atoms with Crippen LogP contribution in [0.25, 0.3) is 0 Å². The van der Waals surface area contributed by atoms with Gasteiger partial charge in [0.2, 0.25) is 5.91 Å². The predicted molar refractivity (Wildman–Crippen MR) is 61.5 cm³/mol. The van der Waals surface area contributed by atoms with E-state index in [1.54, 1.807) is 0 Å². The van der Waals surface area contributed by atoms with Crippen molar-refractivity contribution < 1.29 is 9.53 Å². The summed E-state index contributed by atoms with van der Waals surface area (Å²) in [5.74, 6) is 0.0622. The van der Waals surface area contributed by atoms with Crippen LogP contribution in [-0.2, 0) is 21.4 Å². The molecule has 0 aliphatic carbocycles. The average molecular weight is 228 g/mol. The van der Waals surface area contributed by atoms with Crippen LogP contribution in [0.3, 0.4) is 0 Å². The maximum atomic E-state index is 11.2. The van der Waals surface area contributed by atoms with E-state index in [-0.39, 0.29) is 5.91 Å². The van der Waals surface area contributed by atoms with Crippen molar-refractivity contribution in [3.05, 3.63) is 29.3 Å². The summed E-state index contributed by atoms with van der Waals surface area (Å²) < 4.78 is 5.15. The van der Waals surface area contributed by atoms with E-state index in [0.717, 1.165) is 23.2 Å². The molecule has 4 heteroatoms. The lowest BCUT2D eigenvalue weighted by Crippen LogP contribution is -2.45. The Morgan fingerprint density at radius 2 is 2.18 bits per heavy atom. The molecule has 0 aromatic heterocycles. The number of hydrogen-bond acceptors (Lipinski definition) is 3. The number of aryl methyl sites for hydroxylation is 1. The van der Waals surface area contributed by atoms with Crippen LogP contribution in [0, 0.1) is 11.3 Å². The number of nitriles is 1. The zero-order valence-corrected chi connectivity index (χ0v) is 9.32. The quantitative estimate of drug-likeness (QED) is 0.789. The summed E-state index contributed by atoms with van der Waals surface area (Å²) in [4.78, 5) is 11.2. The maximum absolute atomic E-state index is 11.2. The van der Waals surface area contributed by atoms with Crippen LogP contribution in [0.2, 0.25) is 0 Å². The second-order valence-electron chi connectivity index (χ2n) is 4.61. The summed E-state index contributed by atoms with van der Waals surface area (Å²) in [7, 11) is 0. The molecule has 1 amide bonds. The van der Waals surface area contributed by atoms with Gasteiger partial charge >= 0.3 is 0 Å². The molecule has 1 aromatic carbocycles. The van der Waals surface area contributed by atoms with Crippen molar-refractivity contribution in [2.24, 2.45) is 0 Å². The highest BCUT2D eigenvalue weighted by atomic mass is 16.5. The molecule has 0 radical (unpaired) electrons. The first-order valence-electron chi connectivity index (χ1n) is 5.66. The maximum Gasteiger partial charge on any atom is 0.224 e. The van der Waals surface area contributed by atoms with Gasteiger partial charge in [-0.15, -0.1) is 0 Å². The SMILES string of the molecule is N#CC1(c2ccc3c(c2)CCC(=O)N3)COC1. The Morgan fingerprint density at radius 1 is 1.35 bits per heavy atom. The van der Waals surface area contributed by atoms with Crippen LogP contribution in [0.1, 0.15) is 17.5 Å². The van der Waals surface area contributed by atoms with Gasteiger partial charge in [0.15, 0.2) is 0 Å². The highest BCUT2D eigenvalue weighted by Crippen LogP contribution is 2.34. The Hall–Kier alpha value is -1.86. The molecular weight excluding hydrogens is 216 g/mol. The van der Waals surface area contributed by atoms with Crippen LogP contribution in [0.15, 0.2) is 18.2 Å². The number of fused-ring (bicyclic) bond motifs is 1. The van der Waals surface area contributed by atoms with Crippen molar-refractivity contribution >= 4 is 11.6 Å². The molecule has 2 heterocycles. The molecule has 2 aliphatic rings. The second-order valence-corrected chi connectivity index (χ2v) is 4.61. The van der Waals surface area contributed by atoms with Gasteiger partial charge in [-0.25, -0.2) is 0 Å². The van der Waals surface area contributed by atoms with Gasteiger partial charge in [-0.3, -0.25) is 4.79 Å². The van der Waals surface area contributed by atoms with Gasteiger partial charge in [0.1, 0.15) is 5.41 Å². The number of ether oxygens (including phenoxy) is 1. The van der Waals surface area contributed by atoms with E-state index in [0.29, 0.717) is 19.6 Å². The summed E-state index contributed by atoms with van der Waals surface area (Å²) in [6.07, 6.45) is 1.27. The monoisotopic (exact) mass is 228 g/mol. The Kier molecular flexibility index (Phi) is 2.17. The zero-order chi connectivity index (χ0) is 11.9. The minimum Gasteiger partial charge on any atom is -0.377 e. The lowest BCUT2D eigenvalue weighted by molar-refractivity contribution is -0.116. The largest absolute Gasteiger partial charge is 0.377 e. The van der Waals surface area contributed by atoms with Crippen molar-refractivity contribution in [2.75, 3.05) is 18.5 Å². The van der Waals surface area contributed by atoms with Gasteiger partial charge in [-0.05, 0) is 23.6 Å². The molecule has 1 aromatic rings. The highest BCUT2D eigenvalue weighted by molar-refractivity contribution is 5.93. The normalized spacial score (nSPS) is 20.8. The van der Waals surface area contributed by atoms with Gasteiger partial charge in [0.05, 0.1) is 19.3 Å². The van der Waals surface area contributed by atoms with Crippen LogP contribution in [0.4, 0.5) is 5.69 Å². The molecule has 0 bridgehead atoms. The van der Waals surface area contributed by atoms with Crippen LogP contribution in [0.5, 0.6) is 0 Å². The molecule has 1 saturated heterocycles. The number of carbonyl (C=O) groups is 1. The van der Waals surface area contributed by atoms with Crippen molar-refractivity contribution in [2.45, 2.75) is 18.3 Å². The van der Waals surface area contributed by atoms with E-state index in [2.05, 4.69) is 11.4 Å². The molecule has 1 fully saturated rings. The van der Waals surface area contributed by atoms with E-state index in [1.165, 1.54) is 0 Å².